The molecule has 0 aliphatic rings. The molecule has 114 valence electrons. The SMILES string of the molecule is CCCNCc1ccc(OCCOCCC)c(OC)c1. The van der Waals surface area contributed by atoms with Gasteiger partial charge in [-0.3, -0.25) is 0 Å². The van der Waals surface area contributed by atoms with Crippen LogP contribution in [0, 0.1) is 0 Å². The molecule has 0 radical (unpaired) electrons. The Morgan fingerprint density at radius 1 is 1.00 bits per heavy atom. The molecule has 20 heavy (non-hydrogen) atoms. The minimum Gasteiger partial charge on any atom is -0.493 e. The highest BCUT2D eigenvalue weighted by molar-refractivity contribution is 5.42. The van der Waals surface area contributed by atoms with Crippen LogP contribution in [0.25, 0.3) is 0 Å². The fourth-order valence-corrected chi connectivity index (χ4v) is 1.81. The summed E-state index contributed by atoms with van der Waals surface area (Å²) in [6.45, 7) is 8.06. The molecule has 0 saturated carbocycles. The summed E-state index contributed by atoms with van der Waals surface area (Å²) in [6, 6.07) is 6.04. The van der Waals surface area contributed by atoms with Crippen molar-refractivity contribution < 1.29 is 14.2 Å². The lowest BCUT2D eigenvalue weighted by molar-refractivity contribution is 0.0995. The molecule has 1 N–H and O–H groups in total. The van der Waals surface area contributed by atoms with Crippen molar-refractivity contribution >= 4 is 0 Å². The Morgan fingerprint density at radius 3 is 2.55 bits per heavy atom. The third-order valence-corrected chi connectivity index (χ3v) is 2.82. The van der Waals surface area contributed by atoms with Crippen LogP contribution < -0.4 is 14.8 Å². The van der Waals surface area contributed by atoms with E-state index < -0.39 is 0 Å². The first-order valence-electron chi connectivity index (χ1n) is 7.40. The van der Waals surface area contributed by atoms with Crippen molar-refractivity contribution in [3.63, 3.8) is 0 Å². The van der Waals surface area contributed by atoms with Gasteiger partial charge in [-0.15, -0.1) is 0 Å². The summed E-state index contributed by atoms with van der Waals surface area (Å²) in [6.07, 6.45) is 2.17. The van der Waals surface area contributed by atoms with Crippen molar-refractivity contribution in [2.24, 2.45) is 0 Å². The molecule has 0 aromatic heterocycles. The number of nitrogens with one attached hydrogen (secondary N) is 1. The van der Waals surface area contributed by atoms with E-state index in [4.69, 9.17) is 14.2 Å². The molecular formula is C16H27NO3. The minimum absolute atomic E-state index is 0.545. The van der Waals surface area contributed by atoms with Gasteiger partial charge in [0.05, 0.1) is 13.7 Å². The van der Waals surface area contributed by atoms with Crippen LogP contribution in [0.2, 0.25) is 0 Å². The summed E-state index contributed by atoms with van der Waals surface area (Å²) in [5, 5.41) is 3.37. The molecule has 0 atom stereocenters. The van der Waals surface area contributed by atoms with Crippen molar-refractivity contribution in [2.75, 3.05) is 33.5 Å². The lowest BCUT2D eigenvalue weighted by Gasteiger charge is -2.12. The van der Waals surface area contributed by atoms with E-state index in [2.05, 4.69) is 25.2 Å². The number of hydrogen-bond acceptors (Lipinski definition) is 4. The van der Waals surface area contributed by atoms with Gasteiger partial charge in [-0.25, -0.2) is 0 Å². The fraction of sp³-hybridized carbons (Fsp3) is 0.625. The summed E-state index contributed by atoms with van der Waals surface area (Å²) >= 11 is 0. The summed E-state index contributed by atoms with van der Waals surface area (Å²) in [5.41, 5.74) is 1.20. The third kappa shape index (κ3) is 6.26. The highest BCUT2D eigenvalue weighted by Gasteiger charge is 2.05. The first-order chi connectivity index (χ1) is 9.81. The van der Waals surface area contributed by atoms with Crippen LogP contribution in [0.3, 0.4) is 0 Å². The van der Waals surface area contributed by atoms with Crippen LogP contribution in [-0.2, 0) is 11.3 Å². The zero-order chi connectivity index (χ0) is 14.6. The van der Waals surface area contributed by atoms with Crippen molar-refractivity contribution in [3.8, 4) is 11.5 Å². The van der Waals surface area contributed by atoms with E-state index in [1.54, 1.807) is 7.11 Å². The van der Waals surface area contributed by atoms with Gasteiger partial charge in [-0.1, -0.05) is 19.9 Å². The minimum atomic E-state index is 0.545. The Bertz CT molecular complexity index is 369. The second-order valence-corrected chi connectivity index (χ2v) is 4.62. The van der Waals surface area contributed by atoms with Crippen molar-refractivity contribution in [1.82, 2.24) is 5.32 Å². The maximum atomic E-state index is 5.68. The second-order valence-electron chi connectivity index (χ2n) is 4.62. The van der Waals surface area contributed by atoms with Crippen LogP contribution >= 0.6 is 0 Å². The zero-order valence-electron chi connectivity index (χ0n) is 12.9. The van der Waals surface area contributed by atoms with Gasteiger partial charge in [-0.2, -0.15) is 0 Å². The molecule has 0 aliphatic carbocycles. The molecule has 0 amide bonds. The Balaban J connectivity index is 2.45. The normalized spacial score (nSPS) is 10.6. The standard InChI is InChI=1S/C16H27NO3/c1-4-8-17-13-14-6-7-15(16(12-14)18-3)20-11-10-19-9-5-2/h6-7,12,17H,4-5,8-11,13H2,1-3H3. The van der Waals surface area contributed by atoms with Crippen LogP contribution in [0.5, 0.6) is 11.5 Å². The molecule has 1 aromatic carbocycles. The van der Waals surface area contributed by atoms with Gasteiger partial charge in [0.1, 0.15) is 6.61 Å². The van der Waals surface area contributed by atoms with E-state index >= 15 is 0 Å². The van der Waals surface area contributed by atoms with E-state index in [1.165, 1.54) is 5.56 Å². The monoisotopic (exact) mass is 281 g/mol. The maximum absolute atomic E-state index is 5.68. The van der Waals surface area contributed by atoms with Gasteiger partial charge in [0.2, 0.25) is 0 Å². The molecule has 4 heteroatoms. The first kappa shape index (κ1) is 16.8. The summed E-state index contributed by atoms with van der Waals surface area (Å²) in [4.78, 5) is 0. The second kappa shape index (κ2) is 10.5. The molecule has 0 aliphatic heterocycles. The fourth-order valence-electron chi connectivity index (χ4n) is 1.81. The topological polar surface area (TPSA) is 39.7 Å². The molecule has 0 fully saturated rings. The summed E-state index contributed by atoms with van der Waals surface area (Å²) < 4.78 is 16.5. The van der Waals surface area contributed by atoms with Gasteiger partial charge < -0.3 is 19.5 Å². The molecule has 0 saturated heterocycles. The predicted molar refractivity (Wildman–Crippen MR) is 81.6 cm³/mol. The summed E-state index contributed by atoms with van der Waals surface area (Å²) in [5.74, 6) is 1.54. The van der Waals surface area contributed by atoms with Gasteiger partial charge in [0.25, 0.3) is 0 Å². The zero-order valence-corrected chi connectivity index (χ0v) is 12.9. The lowest BCUT2D eigenvalue weighted by Crippen LogP contribution is -2.14. The van der Waals surface area contributed by atoms with Gasteiger partial charge in [0.15, 0.2) is 11.5 Å². The van der Waals surface area contributed by atoms with E-state index in [9.17, 15) is 0 Å². The van der Waals surface area contributed by atoms with E-state index in [1.807, 2.05) is 12.1 Å². The Hall–Kier alpha value is -1.26. The third-order valence-electron chi connectivity index (χ3n) is 2.82. The smallest absolute Gasteiger partial charge is 0.161 e. The molecule has 0 bridgehead atoms. The van der Waals surface area contributed by atoms with Crippen LogP contribution in [0.15, 0.2) is 18.2 Å². The molecule has 0 unspecified atom stereocenters. The Labute approximate surface area is 122 Å². The van der Waals surface area contributed by atoms with Crippen LogP contribution in [0.4, 0.5) is 0 Å². The molecular weight excluding hydrogens is 254 g/mol. The van der Waals surface area contributed by atoms with Crippen LogP contribution in [0.1, 0.15) is 32.3 Å². The number of rotatable bonds is 11. The molecule has 1 aromatic rings. The van der Waals surface area contributed by atoms with Crippen molar-refractivity contribution in [1.29, 1.82) is 0 Å². The summed E-state index contributed by atoms with van der Waals surface area (Å²) in [7, 11) is 1.67. The number of methoxy groups -OCH3 is 1. The molecule has 4 nitrogen and oxygen atoms in total. The van der Waals surface area contributed by atoms with Gasteiger partial charge in [0, 0.05) is 13.2 Å². The molecule has 0 spiro atoms. The van der Waals surface area contributed by atoms with Gasteiger partial charge >= 0.3 is 0 Å². The number of hydrogen-bond donors (Lipinski definition) is 1. The first-order valence-corrected chi connectivity index (χ1v) is 7.40. The highest BCUT2D eigenvalue weighted by Crippen LogP contribution is 2.27. The predicted octanol–water partition coefficient (Wildman–Crippen LogP) is 3.00. The number of benzene rings is 1. The van der Waals surface area contributed by atoms with E-state index in [0.717, 1.165) is 44.0 Å². The Kier molecular flexibility index (Phi) is 8.83. The van der Waals surface area contributed by atoms with Gasteiger partial charge in [-0.05, 0) is 37.1 Å². The largest absolute Gasteiger partial charge is 0.493 e. The Morgan fingerprint density at radius 2 is 1.85 bits per heavy atom. The molecule has 1 rings (SSSR count). The average molecular weight is 281 g/mol. The van der Waals surface area contributed by atoms with Crippen molar-refractivity contribution in [3.05, 3.63) is 23.8 Å². The van der Waals surface area contributed by atoms with E-state index in [0.29, 0.717) is 13.2 Å². The lowest BCUT2D eigenvalue weighted by atomic mass is 10.2. The van der Waals surface area contributed by atoms with E-state index in [-0.39, 0.29) is 0 Å². The quantitative estimate of drug-likeness (QED) is 0.633. The maximum Gasteiger partial charge on any atom is 0.161 e. The highest BCUT2D eigenvalue weighted by atomic mass is 16.5. The number of ether oxygens (including phenoxy) is 3. The van der Waals surface area contributed by atoms with Crippen LogP contribution in [-0.4, -0.2) is 33.5 Å². The van der Waals surface area contributed by atoms with Crippen molar-refractivity contribution in [2.45, 2.75) is 33.2 Å². The molecule has 0 heterocycles. The average Bonchev–Trinajstić information content (AvgIpc) is 2.48.